The minimum Gasteiger partial charge on any atom is -0.380 e. The van der Waals surface area contributed by atoms with Crippen LogP contribution >= 0.6 is 0 Å². The number of hydrogen-bond donors (Lipinski definition) is 1. The van der Waals surface area contributed by atoms with Crippen LogP contribution in [0.2, 0.25) is 0 Å². The minimum absolute atomic E-state index is 0.171. The van der Waals surface area contributed by atoms with E-state index in [9.17, 15) is 4.79 Å². The molecule has 3 aromatic heterocycles. The molecule has 10 nitrogen and oxygen atoms in total. The summed E-state index contributed by atoms with van der Waals surface area (Å²) in [6, 6.07) is 1.87. The Hall–Kier alpha value is -2.82. The van der Waals surface area contributed by atoms with E-state index in [1.165, 1.54) is 0 Å². The van der Waals surface area contributed by atoms with Crippen molar-refractivity contribution in [3.63, 3.8) is 0 Å². The van der Waals surface area contributed by atoms with Gasteiger partial charge in [-0.15, -0.1) is 0 Å². The number of aromatic nitrogens is 4. The predicted octanol–water partition coefficient (Wildman–Crippen LogP) is 1.84. The SMILES string of the molecule is CCOCCn1c(=O)c(NCCN2CCOCC2)nc2cnc(-c3c(C)noc3C)cc21. The molecule has 3 aromatic rings. The summed E-state index contributed by atoms with van der Waals surface area (Å²) >= 11 is 0. The number of morpholine rings is 1. The Morgan fingerprint density at radius 3 is 2.75 bits per heavy atom. The van der Waals surface area contributed by atoms with Crippen LogP contribution in [0.4, 0.5) is 5.82 Å². The smallest absolute Gasteiger partial charge is 0.293 e. The average molecular weight is 443 g/mol. The normalized spacial score (nSPS) is 14.8. The maximum absolute atomic E-state index is 13.3. The Labute approximate surface area is 186 Å². The Balaban J connectivity index is 1.65. The lowest BCUT2D eigenvalue weighted by molar-refractivity contribution is 0.0398. The lowest BCUT2D eigenvalue weighted by Gasteiger charge is -2.26. The van der Waals surface area contributed by atoms with E-state index in [0.29, 0.717) is 54.6 Å². The summed E-state index contributed by atoms with van der Waals surface area (Å²) < 4.78 is 17.9. The van der Waals surface area contributed by atoms with E-state index >= 15 is 0 Å². The second kappa shape index (κ2) is 10.2. The van der Waals surface area contributed by atoms with Gasteiger partial charge in [-0.05, 0) is 26.8 Å². The van der Waals surface area contributed by atoms with Crippen LogP contribution < -0.4 is 10.9 Å². The summed E-state index contributed by atoms with van der Waals surface area (Å²) in [6.07, 6.45) is 1.69. The zero-order valence-corrected chi connectivity index (χ0v) is 18.9. The molecule has 0 saturated carbocycles. The molecule has 1 aliphatic rings. The highest BCUT2D eigenvalue weighted by Gasteiger charge is 2.17. The number of pyridine rings is 1. The summed E-state index contributed by atoms with van der Waals surface area (Å²) in [5.41, 5.74) is 3.47. The van der Waals surface area contributed by atoms with E-state index in [1.807, 2.05) is 26.8 Å². The van der Waals surface area contributed by atoms with Crippen molar-refractivity contribution < 1.29 is 14.0 Å². The number of fused-ring (bicyclic) bond motifs is 1. The van der Waals surface area contributed by atoms with Gasteiger partial charge in [0, 0.05) is 39.3 Å². The fourth-order valence-corrected chi connectivity index (χ4v) is 3.93. The molecular weight excluding hydrogens is 412 g/mol. The molecule has 172 valence electrons. The van der Waals surface area contributed by atoms with Crippen molar-refractivity contribution >= 4 is 16.9 Å². The Bertz CT molecular complexity index is 1100. The number of aryl methyl sites for hydroxylation is 2. The molecule has 1 fully saturated rings. The number of anilines is 1. The molecule has 1 N–H and O–H groups in total. The Morgan fingerprint density at radius 2 is 2.03 bits per heavy atom. The van der Waals surface area contributed by atoms with Gasteiger partial charge in [0.25, 0.3) is 5.56 Å². The standard InChI is InChI=1S/C22H30N6O4/c1-4-30-12-9-28-19-13-17(20-15(2)26-32-16(20)3)24-14-18(19)25-21(22(28)29)23-5-6-27-7-10-31-11-8-27/h13-14H,4-12H2,1-3H3,(H,23,25). The molecule has 0 radical (unpaired) electrons. The van der Waals surface area contributed by atoms with Gasteiger partial charge >= 0.3 is 0 Å². The molecule has 32 heavy (non-hydrogen) atoms. The van der Waals surface area contributed by atoms with Gasteiger partial charge < -0.3 is 23.9 Å². The molecule has 4 rings (SSSR count). The minimum atomic E-state index is -0.171. The number of nitrogens with one attached hydrogen (secondary N) is 1. The maximum Gasteiger partial charge on any atom is 0.293 e. The van der Waals surface area contributed by atoms with Crippen LogP contribution in [-0.4, -0.2) is 77.2 Å². The summed E-state index contributed by atoms with van der Waals surface area (Å²) in [7, 11) is 0. The van der Waals surface area contributed by atoms with Crippen LogP contribution in [0, 0.1) is 13.8 Å². The zero-order chi connectivity index (χ0) is 22.5. The molecule has 1 saturated heterocycles. The first-order valence-electron chi connectivity index (χ1n) is 11.0. The van der Waals surface area contributed by atoms with Crippen LogP contribution in [-0.2, 0) is 16.0 Å². The molecule has 0 spiro atoms. The third-order valence-corrected chi connectivity index (χ3v) is 5.61. The monoisotopic (exact) mass is 442 g/mol. The van der Waals surface area contributed by atoms with Crippen molar-refractivity contribution in [3.05, 3.63) is 34.1 Å². The van der Waals surface area contributed by atoms with Gasteiger partial charge in [-0.2, -0.15) is 0 Å². The third kappa shape index (κ3) is 4.82. The molecule has 0 atom stereocenters. The first-order valence-corrected chi connectivity index (χ1v) is 11.0. The predicted molar refractivity (Wildman–Crippen MR) is 121 cm³/mol. The first kappa shape index (κ1) is 22.4. The molecular formula is C22H30N6O4. The van der Waals surface area contributed by atoms with Gasteiger partial charge in [-0.1, -0.05) is 5.16 Å². The first-order chi connectivity index (χ1) is 15.6. The van der Waals surface area contributed by atoms with E-state index in [2.05, 4.69) is 25.3 Å². The number of hydrogen-bond acceptors (Lipinski definition) is 9. The fourth-order valence-electron chi connectivity index (χ4n) is 3.93. The summed E-state index contributed by atoms with van der Waals surface area (Å²) in [5, 5.41) is 7.24. The maximum atomic E-state index is 13.3. The lowest BCUT2D eigenvalue weighted by Crippen LogP contribution is -2.39. The van der Waals surface area contributed by atoms with Crippen molar-refractivity contribution in [1.29, 1.82) is 0 Å². The number of ether oxygens (including phenoxy) is 2. The van der Waals surface area contributed by atoms with E-state index in [0.717, 1.165) is 44.1 Å². The largest absolute Gasteiger partial charge is 0.380 e. The second-order valence-corrected chi connectivity index (χ2v) is 7.75. The zero-order valence-electron chi connectivity index (χ0n) is 18.9. The highest BCUT2D eigenvalue weighted by molar-refractivity contribution is 5.81. The van der Waals surface area contributed by atoms with Crippen LogP contribution in [0.3, 0.4) is 0 Å². The average Bonchev–Trinajstić information content (AvgIpc) is 3.14. The number of rotatable bonds is 9. The van der Waals surface area contributed by atoms with Crippen molar-refractivity contribution in [2.75, 3.05) is 57.9 Å². The van der Waals surface area contributed by atoms with E-state index in [4.69, 9.17) is 14.0 Å². The van der Waals surface area contributed by atoms with Gasteiger partial charge in [-0.25, -0.2) is 4.98 Å². The molecule has 0 aromatic carbocycles. The van der Waals surface area contributed by atoms with Crippen LogP contribution in [0.15, 0.2) is 21.6 Å². The van der Waals surface area contributed by atoms with Gasteiger partial charge in [-0.3, -0.25) is 14.7 Å². The third-order valence-electron chi connectivity index (χ3n) is 5.61. The van der Waals surface area contributed by atoms with E-state index in [-0.39, 0.29) is 5.56 Å². The fraction of sp³-hybridized carbons (Fsp3) is 0.545. The molecule has 4 heterocycles. The highest BCUT2D eigenvalue weighted by Crippen LogP contribution is 2.27. The van der Waals surface area contributed by atoms with E-state index in [1.54, 1.807) is 10.8 Å². The van der Waals surface area contributed by atoms with Crippen molar-refractivity contribution in [3.8, 4) is 11.3 Å². The van der Waals surface area contributed by atoms with Gasteiger partial charge in [0.1, 0.15) is 11.3 Å². The van der Waals surface area contributed by atoms with Crippen molar-refractivity contribution in [2.24, 2.45) is 0 Å². The van der Waals surface area contributed by atoms with Gasteiger partial charge in [0.15, 0.2) is 5.82 Å². The van der Waals surface area contributed by atoms with Crippen molar-refractivity contribution in [2.45, 2.75) is 27.3 Å². The quantitative estimate of drug-likeness (QED) is 0.497. The van der Waals surface area contributed by atoms with Crippen LogP contribution in [0.5, 0.6) is 0 Å². The topological polar surface area (TPSA) is 108 Å². The number of nitrogens with zero attached hydrogens (tertiary/aromatic N) is 5. The van der Waals surface area contributed by atoms with E-state index < -0.39 is 0 Å². The highest BCUT2D eigenvalue weighted by atomic mass is 16.5. The van der Waals surface area contributed by atoms with Crippen LogP contribution in [0.25, 0.3) is 22.3 Å². The molecule has 0 aliphatic carbocycles. The summed E-state index contributed by atoms with van der Waals surface area (Å²) in [6.45, 7) is 11.9. The second-order valence-electron chi connectivity index (χ2n) is 7.75. The molecule has 1 aliphatic heterocycles. The Kier molecular flexibility index (Phi) is 7.13. The summed E-state index contributed by atoms with van der Waals surface area (Å²) in [5.74, 6) is 1.01. The molecule has 10 heteroatoms. The molecule has 0 unspecified atom stereocenters. The van der Waals surface area contributed by atoms with Gasteiger partial charge in [0.05, 0.1) is 48.5 Å². The Morgan fingerprint density at radius 1 is 1.22 bits per heavy atom. The molecule has 0 bridgehead atoms. The lowest BCUT2D eigenvalue weighted by atomic mass is 10.1. The summed E-state index contributed by atoms with van der Waals surface area (Å²) in [4.78, 5) is 24.8. The molecule has 0 amide bonds. The van der Waals surface area contributed by atoms with Crippen molar-refractivity contribution in [1.82, 2.24) is 24.6 Å². The van der Waals surface area contributed by atoms with Gasteiger partial charge in [0.2, 0.25) is 0 Å². The van der Waals surface area contributed by atoms with Crippen LogP contribution in [0.1, 0.15) is 18.4 Å².